The Labute approximate surface area is 248 Å². The van der Waals surface area contributed by atoms with Crippen molar-refractivity contribution >= 4 is 29.1 Å². The van der Waals surface area contributed by atoms with E-state index in [0.717, 1.165) is 18.5 Å². The number of hydrogen-bond donors (Lipinski definition) is 1. The van der Waals surface area contributed by atoms with E-state index in [2.05, 4.69) is 28.8 Å². The van der Waals surface area contributed by atoms with Crippen molar-refractivity contribution in [2.75, 3.05) is 16.8 Å². The molecule has 4 aromatic rings. The number of anilines is 3. The molecule has 1 aliphatic carbocycles. The zero-order chi connectivity index (χ0) is 30.8. The molecule has 4 heterocycles. The number of esters is 1. The molecule has 0 unspecified atom stereocenters. The van der Waals surface area contributed by atoms with Crippen LogP contribution in [0, 0.1) is 18.2 Å². The molecule has 0 radical (unpaired) electrons. The van der Waals surface area contributed by atoms with Crippen molar-refractivity contribution in [1.82, 2.24) is 18.9 Å². The molecule has 6 rings (SSSR count). The van der Waals surface area contributed by atoms with Gasteiger partial charge in [-0.3, -0.25) is 19.1 Å². The number of amides is 1. The lowest BCUT2D eigenvalue weighted by Gasteiger charge is -2.32. The standard InChI is InChI=1S/C32H35FN6O4/c1-18-9-29(35-37(18)6)34-25-10-21(16-36(5)30(25)41)23-12-22(33)13-26(24(23)17-43-19(2)40)39-8-7-38-27(31(39)42)11-20-14-32(3,4)15-28(20)38/h9-13,16H,7-8,14-15,17H2,1-6H3,(H,34,35). The van der Waals surface area contributed by atoms with Crippen molar-refractivity contribution in [2.45, 2.75) is 53.7 Å². The van der Waals surface area contributed by atoms with E-state index < -0.39 is 11.8 Å². The van der Waals surface area contributed by atoms with Gasteiger partial charge in [-0.2, -0.15) is 5.10 Å². The SMILES string of the molecule is CC(=O)OCc1c(-c2cc(Nc3cc(C)n(C)n3)c(=O)n(C)c2)cc(F)cc1N1CCn2c(cc3c2CC(C)(C)C3)C1=O. The van der Waals surface area contributed by atoms with Crippen molar-refractivity contribution in [1.29, 1.82) is 0 Å². The van der Waals surface area contributed by atoms with Crippen molar-refractivity contribution in [2.24, 2.45) is 19.5 Å². The van der Waals surface area contributed by atoms with Crippen LogP contribution in [0.4, 0.5) is 21.6 Å². The number of ether oxygens (including phenoxy) is 1. The number of aryl methyl sites for hydroxylation is 3. The summed E-state index contributed by atoms with van der Waals surface area (Å²) in [4.78, 5) is 40.5. The molecule has 224 valence electrons. The molecule has 10 nitrogen and oxygen atoms in total. The first kappa shape index (κ1) is 28.4. The number of halogens is 1. The summed E-state index contributed by atoms with van der Waals surface area (Å²) in [7, 11) is 3.41. The van der Waals surface area contributed by atoms with Crippen LogP contribution in [0.15, 0.2) is 41.3 Å². The van der Waals surface area contributed by atoms with Gasteiger partial charge in [-0.15, -0.1) is 0 Å². The molecule has 0 fully saturated rings. The van der Waals surface area contributed by atoms with E-state index in [-0.39, 0.29) is 29.2 Å². The third-order valence-electron chi connectivity index (χ3n) is 8.40. The minimum Gasteiger partial charge on any atom is -0.461 e. The highest BCUT2D eigenvalue weighted by atomic mass is 19.1. The Bertz CT molecular complexity index is 1840. The van der Waals surface area contributed by atoms with Gasteiger partial charge in [-0.05, 0) is 60.6 Å². The Morgan fingerprint density at radius 1 is 1.09 bits per heavy atom. The highest BCUT2D eigenvalue weighted by molar-refractivity contribution is 6.07. The van der Waals surface area contributed by atoms with Crippen molar-refractivity contribution in [3.8, 4) is 11.1 Å². The number of rotatable bonds is 6. The molecule has 11 heteroatoms. The van der Waals surface area contributed by atoms with Crippen LogP contribution < -0.4 is 15.8 Å². The predicted octanol–water partition coefficient (Wildman–Crippen LogP) is 4.63. The summed E-state index contributed by atoms with van der Waals surface area (Å²) >= 11 is 0. The average Bonchev–Trinajstić information content (AvgIpc) is 3.53. The lowest BCUT2D eigenvalue weighted by atomic mass is 9.90. The Hall–Kier alpha value is -4.67. The number of nitrogens with one attached hydrogen (secondary N) is 1. The summed E-state index contributed by atoms with van der Waals surface area (Å²) in [6.07, 6.45) is 3.40. The van der Waals surface area contributed by atoms with Crippen LogP contribution in [-0.4, -0.2) is 37.3 Å². The molecule has 0 atom stereocenters. The largest absolute Gasteiger partial charge is 0.461 e. The number of hydrogen-bond acceptors (Lipinski definition) is 6. The van der Waals surface area contributed by atoms with Crippen LogP contribution in [0.1, 0.15) is 53.8 Å². The Morgan fingerprint density at radius 3 is 2.56 bits per heavy atom. The molecule has 0 saturated heterocycles. The van der Waals surface area contributed by atoms with Gasteiger partial charge in [0.15, 0.2) is 5.82 Å². The second-order valence-electron chi connectivity index (χ2n) is 12.3. The second kappa shape index (κ2) is 10.3. The molecular formula is C32H35FN6O4. The fraction of sp³-hybridized carbons (Fsp3) is 0.375. The zero-order valence-corrected chi connectivity index (χ0v) is 25.2. The van der Waals surface area contributed by atoms with E-state index in [1.54, 1.807) is 35.9 Å². The van der Waals surface area contributed by atoms with Crippen LogP contribution in [0.3, 0.4) is 0 Å². The number of carbonyl (C=O) groups is 2. The summed E-state index contributed by atoms with van der Waals surface area (Å²) in [5.74, 6) is -0.801. The number of carbonyl (C=O) groups excluding carboxylic acids is 2. The minimum absolute atomic E-state index is 0.153. The van der Waals surface area contributed by atoms with Crippen LogP contribution in [0.25, 0.3) is 11.1 Å². The maximum absolute atomic E-state index is 15.4. The van der Waals surface area contributed by atoms with E-state index in [4.69, 9.17) is 4.74 Å². The van der Waals surface area contributed by atoms with Crippen LogP contribution in [-0.2, 0) is 49.6 Å². The second-order valence-corrected chi connectivity index (χ2v) is 12.3. The fourth-order valence-corrected chi connectivity index (χ4v) is 6.30. The molecule has 1 aliphatic heterocycles. The quantitative estimate of drug-likeness (QED) is 0.331. The minimum atomic E-state index is -0.557. The summed E-state index contributed by atoms with van der Waals surface area (Å²) in [6, 6.07) is 8.05. The summed E-state index contributed by atoms with van der Waals surface area (Å²) in [5, 5.41) is 7.46. The normalized spacial score (nSPS) is 15.4. The predicted molar refractivity (Wildman–Crippen MR) is 161 cm³/mol. The topological polar surface area (TPSA) is 103 Å². The Kier molecular flexibility index (Phi) is 6.78. The average molecular weight is 587 g/mol. The molecule has 43 heavy (non-hydrogen) atoms. The highest BCUT2D eigenvalue weighted by Gasteiger charge is 2.37. The fourth-order valence-electron chi connectivity index (χ4n) is 6.30. The van der Waals surface area contributed by atoms with Crippen molar-refractivity contribution < 1.29 is 18.7 Å². The number of nitrogens with zero attached hydrogens (tertiary/aromatic N) is 5. The van der Waals surface area contributed by atoms with Gasteiger partial charge < -0.3 is 24.1 Å². The van der Waals surface area contributed by atoms with Crippen LogP contribution in [0.2, 0.25) is 0 Å². The summed E-state index contributed by atoms with van der Waals surface area (Å²) in [6.45, 7) is 8.38. The lowest BCUT2D eigenvalue weighted by molar-refractivity contribution is -0.142. The number of aromatic nitrogens is 4. The molecule has 3 aromatic heterocycles. The zero-order valence-electron chi connectivity index (χ0n) is 25.2. The molecule has 2 aliphatic rings. The van der Waals surface area contributed by atoms with Gasteiger partial charge in [0.2, 0.25) is 0 Å². The molecule has 0 spiro atoms. The third kappa shape index (κ3) is 5.13. The number of pyridine rings is 1. The monoisotopic (exact) mass is 586 g/mol. The van der Waals surface area contributed by atoms with E-state index in [9.17, 15) is 14.4 Å². The van der Waals surface area contributed by atoms with Crippen molar-refractivity contribution in [3.63, 3.8) is 0 Å². The van der Waals surface area contributed by atoms with Gasteiger partial charge >= 0.3 is 5.97 Å². The van der Waals surface area contributed by atoms with Gasteiger partial charge in [-0.25, -0.2) is 4.39 Å². The van der Waals surface area contributed by atoms with Gasteiger partial charge in [0, 0.05) is 68.9 Å². The van der Waals surface area contributed by atoms with Gasteiger partial charge in [0.05, 0.1) is 5.69 Å². The first-order valence-electron chi connectivity index (χ1n) is 14.3. The van der Waals surface area contributed by atoms with E-state index in [1.165, 1.54) is 34.9 Å². The molecule has 1 aromatic carbocycles. The Balaban J connectivity index is 1.45. The smallest absolute Gasteiger partial charge is 0.302 e. The highest BCUT2D eigenvalue weighted by Crippen LogP contribution is 2.41. The number of benzene rings is 1. The van der Waals surface area contributed by atoms with E-state index >= 15 is 4.39 Å². The Morgan fingerprint density at radius 2 is 1.86 bits per heavy atom. The van der Waals surface area contributed by atoms with Gasteiger partial charge in [0.1, 0.15) is 23.8 Å². The molecule has 1 N–H and O–H groups in total. The number of fused-ring (bicyclic) bond motifs is 3. The van der Waals surface area contributed by atoms with Gasteiger partial charge in [-0.1, -0.05) is 13.8 Å². The first-order chi connectivity index (χ1) is 20.3. The lowest BCUT2D eigenvalue weighted by Crippen LogP contribution is -2.41. The molecular weight excluding hydrogens is 551 g/mol. The third-order valence-corrected chi connectivity index (χ3v) is 8.40. The van der Waals surface area contributed by atoms with Crippen LogP contribution in [0.5, 0.6) is 0 Å². The maximum atomic E-state index is 15.4. The van der Waals surface area contributed by atoms with Crippen LogP contribution >= 0.6 is 0 Å². The van der Waals surface area contributed by atoms with Gasteiger partial charge in [0.25, 0.3) is 11.5 Å². The molecule has 0 saturated carbocycles. The summed E-state index contributed by atoms with van der Waals surface area (Å²) in [5.41, 5.74) is 5.68. The van der Waals surface area contributed by atoms with E-state index in [0.29, 0.717) is 47.0 Å². The first-order valence-corrected chi connectivity index (χ1v) is 14.3. The molecule has 0 bridgehead atoms. The maximum Gasteiger partial charge on any atom is 0.302 e. The summed E-state index contributed by atoms with van der Waals surface area (Å²) < 4.78 is 26.0. The molecule has 1 amide bonds. The van der Waals surface area contributed by atoms with Crippen molar-refractivity contribution in [3.05, 3.63) is 80.9 Å². The van der Waals surface area contributed by atoms with E-state index in [1.807, 2.05) is 19.1 Å².